The quantitative estimate of drug-likeness (QED) is 0.624. The van der Waals surface area contributed by atoms with Crippen LogP contribution < -0.4 is 10.9 Å². The fourth-order valence-electron chi connectivity index (χ4n) is 4.25. The Labute approximate surface area is 138 Å². The number of nitrogens with one attached hydrogen (secondary N) is 2. The standard InChI is InChI=1S/C16H20BrN3O2/c1-14(2)15(3)6-7-16(14,12(15)17)13(22)20-19-11(21)10-5-4-8-18-9-10/h4-5,8-9,12H,6-7H2,1-3H3,(H,19,21)(H,20,22). The Balaban J connectivity index is 1.70. The van der Waals surface area contributed by atoms with Crippen LogP contribution in [0.2, 0.25) is 0 Å². The molecule has 3 saturated carbocycles. The lowest BCUT2D eigenvalue weighted by molar-refractivity contribution is -0.162. The summed E-state index contributed by atoms with van der Waals surface area (Å²) in [4.78, 5) is 28.8. The summed E-state index contributed by atoms with van der Waals surface area (Å²) in [6.07, 6.45) is 4.91. The van der Waals surface area contributed by atoms with Crippen LogP contribution >= 0.6 is 15.9 Å². The van der Waals surface area contributed by atoms with E-state index in [0.29, 0.717) is 5.56 Å². The number of rotatable bonds is 2. The highest BCUT2D eigenvalue weighted by Gasteiger charge is 2.80. The van der Waals surface area contributed by atoms with Crippen molar-refractivity contribution in [1.29, 1.82) is 0 Å². The molecule has 2 bridgehead atoms. The zero-order valence-corrected chi connectivity index (χ0v) is 14.5. The van der Waals surface area contributed by atoms with Crippen LogP contribution in [-0.4, -0.2) is 21.6 Å². The first-order valence-electron chi connectivity index (χ1n) is 7.42. The molecule has 118 valence electrons. The van der Waals surface area contributed by atoms with Crippen molar-refractivity contribution < 1.29 is 9.59 Å². The molecule has 3 aliphatic carbocycles. The molecule has 3 aliphatic rings. The van der Waals surface area contributed by atoms with Crippen molar-refractivity contribution in [3.8, 4) is 0 Å². The number of amides is 2. The highest BCUT2D eigenvalue weighted by Crippen LogP contribution is 2.79. The number of fused-ring (bicyclic) bond motifs is 1. The molecule has 2 amide bonds. The number of pyridine rings is 1. The lowest BCUT2D eigenvalue weighted by Crippen LogP contribution is -2.70. The van der Waals surface area contributed by atoms with Crippen LogP contribution in [0.1, 0.15) is 44.0 Å². The Morgan fingerprint density at radius 2 is 2.00 bits per heavy atom. The Morgan fingerprint density at radius 3 is 2.50 bits per heavy atom. The van der Waals surface area contributed by atoms with Crippen molar-refractivity contribution in [2.75, 3.05) is 0 Å². The molecule has 1 heterocycles. The molecule has 3 fully saturated rings. The molecule has 3 atom stereocenters. The van der Waals surface area contributed by atoms with Crippen LogP contribution in [0.4, 0.5) is 0 Å². The van der Waals surface area contributed by atoms with Gasteiger partial charge in [0.15, 0.2) is 0 Å². The number of carbonyl (C=O) groups is 2. The minimum absolute atomic E-state index is 0.0999. The summed E-state index contributed by atoms with van der Waals surface area (Å²) < 4.78 is 0. The molecule has 0 aromatic carbocycles. The highest BCUT2D eigenvalue weighted by molar-refractivity contribution is 9.09. The summed E-state index contributed by atoms with van der Waals surface area (Å²) >= 11 is 3.71. The largest absolute Gasteiger partial charge is 0.273 e. The molecular formula is C16H20BrN3O2. The van der Waals surface area contributed by atoms with Gasteiger partial charge in [0.2, 0.25) is 5.91 Å². The van der Waals surface area contributed by atoms with Gasteiger partial charge >= 0.3 is 0 Å². The number of carbonyl (C=O) groups excluding carboxylic acids is 2. The molecule has 1 aromatic heterocycles. The van der Waals surface area contributed by atoms with Crippen molar-refractivity contribution in [2.45, 2.75) is 38.4 Å². The Bertz CT molecular complexity index is 634. The molecule has 1 aromatic rings. The van der Waals surface area contributed by atoms with Gasteiger partial charge in [0.1, 0.15) is 0 Å². The highest BCUT2D eigenvalue weighted by atomic mass is 79.9. The van der Waals surface area contributed by atoms with Gasteiger partial charge < -0.3 is 0 Å². The first-order valence-corrected chi connectivity index (χ1v) is 8.34. The van der Waals surface area contributed by atoms with E-state index in [1.807, 2.05) is 0 Å². The fourth-order valence-corrected chi connectivity index (χ4v) is 6.06. The third-order valence-corrected chi connectivity index (χ3v) is 7.98. The first-order chi connectivity index (χ1) is 10.3. The van der Waals surface area contributed by atoms with Crippen LogP contribution in [0.25, 0.3) is 0 Å². The number of alkyl halides is 1. The topological polar surface area (TPSA) is 71.1 Å². The van der Waals surface area contributed by atoms with Gasteiger partial charge in [-0.3, -0.25) is 25.4 Å². The molecule has 6 heteroatoms. The van der Waals surface area contributed by atoms with Gasteiger partial charge in [0.25, 0.3) is 5.91 Å². The van der Waals surface area contributed by atoms with E-state index in [9.17, 15) is 9.59 Å². The van der Waals surface area contributed by atoms with E-state index in [1.54, 1.807) is 18.3 Å². The van der Waals surface area contributed by atoms with Crippen molar-refractivity contribution in [3.05, 3.63) is 30.1 Å². The lowest BCUT2D eigenvalue weighted by Gasteiger charge is -2.64. The zero-order chi connectivity index (χ0) is 16.2. The second kappa shape index (κ2) is 4.78. The Hall–Kier alpha value is -1.43. The maximum Gasteiger partial charge on any atom is 0.271 e. The van der Waals surface area contributed by atoms with Gasteiger partial charge in [-0.2, -0.15) is 0 Å². The van der Waals surface area contributed by atoms with Crippen LogP contribution in [0.15, 0.2) is 24.5 Å². The van der Waals surface area contributed by atoms with E-state index >= 15 is 0 Å². The molecule has 4 rings (SSSR count). The SMILES string of the molecule is CC12CCC(C(=O)NNC(=O)c3cccnc3)(C1Br)C2(C)C. The average molecular weight is 366 g/mol. The van der Waals surface area contributed by atoms with Crippen LogP contribution in [-0.2, 0) is 4.79 Å². The number of hydrogen-bond donors (Lipinski definition) is 2. The molecule has 22 heavy (non-hydrogen) atoms. The van der Waals surface area contributed by atoms with Crippen molar-refractivity contribution in [3.63, 3.8) is 0 Å². The summed E-state index contributed by atoms with van der Waals surface area (Å²) in [7, 11) is 0. The smallest absolute Gasteiger partial charge is 0.271 e. The predicted molar refractivity (Wildman–Crippen MR) is 86.1 cm³/mol. The predicted octanol–water partition coefficient (Wildman–Crippen LogP) is 2.43. The molecule has 0 spiro atoms. The molecule has 2 N–H and O–H groups in total. The molecule has 0 aliphatic heterocycles. The van der Waals surface area contributed by atoms with E-state index in [2.05, 4.69) is 52.5 Å². The maximum absolute atomic E-state index is 12.7. The number of nitrogens with zero attached hydrogens (tertiary/aromatic N) is 1. The van der Waals surface area contributed by atoms with Gasteiger partial charge in [-0.1, -0.05) is 36.7 Å². The zero-order valence-electron chi connectivity index (χ0n) is 12.9. The fraction of sp³-hybridized carbons (Fsp3) is 0.562. The van der Waals surface area contributed by atoms with E-state index in [1.165, 1.54) is 6.20 Å². The normalized spacial score (nSPS) is 34.6. The number of hydrazine groups is 1. The molecule has 3 unspecified atom stereocenters. The third kappa shape index (κ3) is 1.67. The van der Waals surface area contributed by atoms with Crippen molar-refractivity contribution >= 4 is 27.7 Å². The third-order valence-electron chi connectivity index (χ3n) is 6.19. The minimum Gasteiger partial charge on any atom is -0.273 e. The van der Waals surface area contributed by atoms with Gasteiger partial charge in [-0.25, -0.2) is 0 Å². The first kappa shape index (κ1) is 15.5. The second-order valence-corrected chi connectivity index (χ2v) is 7.94. The van der Waals surface area contributed by atoms with E-state index in [-0.39, 0.29) is 27.5 Å². The summed E-state index contributed by atoms with van der Waals surface area (Å²) in [5, 5.41) is 0. The van der Waals surface area contributed by atoms with Crippen LogP contribution in [0, 0.1) is 16.2 Å². The molecule has 5 nitrogen and oxygen atoms in total. The second-order valence-electron chi connectivity index (χ2n) is 7.03. The maximum atomic E-state index is 12.7. The van der Waals surface area contributed by atoms with Crippen LogP contribution in [0.3, 0.4) is 0 Å². The summed E-state index contributed by atoms with van der Waals surface area (Å²) in [6, 6.07) is 3.33. The van der Waals surface area contributed by atoms with Gasteiger partial charge in [0, 0.05) is 17.2 Å². The minimum atomic E-state index is -0.468. The van der Waals surface area contributed by atoms with Gasteiger partial charge in [-0.05, 0) is 35.8 Å². The van der Waals surface area contributed by atoms with Crippen molar-refractivity contribution in [2.24, 2.45) is 16.2 Å². The molecule has 0 saturated heterocycles. The Morgan fingerprint density at radius 1 is 1.27 bits per heavy atom. The summed E-state index contributed by atoms with van der Waals surface area (Å²) in [5.41, 5.74) is 5.08. The average Bonchev–Trinajstić information content (AvgIpc) is 2.93. The summed E-state index contributed by atoms with van der Waals surface area (Å²) in [5.74, 6) is -0.478. The Kier molecular flexibility index (Phi) is 3.36. The summed E-state index contributed by atoms with van der Waals surface area (Å²) in [6.45, 7) is 6.50. The van der Waals surface area contributed by atoms with Crippen LogP contribution in [0.5, 0.6) is 0 Å². The number of halogens is 1. The number of hydrogen-bond acceptors (Lipinski definition) is 3. The molecule has 0 radical (unpaired) electrons. The van der Waals surface area contributed by atoms with E-state index < -0.39 is 5.41 Å². The monoisotopic (exact) mass is 365 g/mol. The van der Waals surface area contributed by atoms with E-state index in [4.69, 9.17) is 0 Å². The number of aromatic nitrogens is 1. The van der Waals surface area contributed by atoms with Gasteiger partial charge in [0.05, 0.1) is 11.0 Å². The van der Waals surface area contributed by atoms with Crippen molar-refractivity contribution in [1.82, 2.24) is 15.8 Å². The lowest BCUT2D eigenvalue weighted by atomic mass is 9.43. The van der Waals surface area contributed by atoms with Gasteiger partial charge in [-0.15, -0.1) is 0 Å². The molecular weight excluding hydrogens is 346 g/mol. The van der Waals surface area contributed by atoms with E-state index in [0.717, 1.165) is 12.8 Å².